The number of hydrogen-bond donors (Lipinski definition) is 2. The van der Waals surface area contributed by atoms with Crippen molar-refractivity contribution in [2.24, 2.45) is 0 Å². The fourth-order valence-electron chi connectivity index (χ4n) is 1.23. The molecule has 18 heavy (non-hydrogen) atoms. The molecule has 0 radical (unpaired) electrons. The molecule has 2 amide bonds. The maximum atomic E-state index is 12.9. The minimum absolute atomic E-state index is 0.0713. The van der Waals surface area contributed by atoms with Gasteiger partial charge in [0.2, 0.25) is 11.8 Å². The zero-order valence-corrected chi connectivity index (χ0v) is 10.8. The van der Waals surface area contributed by atoms with Gasteiger partial charge in [0.05, 0.1) is 5.02 Å². The van der Waals surface area contributed by atoms with Gasteiger partial charge in [-0.25, -0.2) is 4.39 Å². The molecule has 0 aliphatic rings. The van der Waals surface area contributed by atoms with E-state index in [1.54, 1.807) is 13.8 Å². The van der Waals surface area contributed by atoms with Crippen molar-refractivity contribution in [3.63, 3.8) is 0 Å². The van der Waals surface area contributed by atoms with E-state index in [0.717, 1.165) is 6.07 Å². The van der Waals surface area contributed by atoms with Gasteiger partial charge in [-0.1, -0.05) is 18.5 Å². The molecule has 0 aromatic heterocycles. The Kier molecular flexibility index (Phi) is 5.09. The first-order valence-electron chi connectivity index (χ1n) is 5.49. The Hall–Kier alpha value is -1.62. The van der Waals surface area contributed by atoms with Crippen molar-refractivity contribution >= 4 is 29.1 Å². The molecule has 1 rings (SSSR count). The third kappa shape index (κ3) is 4.00. The number of benzene rings is 1. The number of carbonyl (C=O) groups is 2. The summed E-state index contributed by atoms with van der Waals surface area (Å²) in [5, 5.41) is 4.98. The summed E-state index contributed by atoms with van der Waals surface area (Å²) < 4.78 is 12.9. The fraction of sp³-hybridized carbons (Fsp3) is 0.333. The molecule has 0 heterocycles. The Labute approximate surface area is 110 Å². The first-order valence-corrected chi connectivity index (χ1v) is 5.87. The van der Waals surface area contributed by atoms with E-state index in [0.29, 0.717) is 12.1 Å². The lowest BCUT2D eigenvalue weighted by molar-refractivity contribution is -0.125. The first kappa shape index (κ1) is 14.4. The minimum Gasteiger partial charge on any atom is -0.345 e. The largest absolute Gasteiger partial charge is 0.345 e. The number of halogens is 2. The molecule has 0 unspecified atom stereocenters. The Morgan fingerprint density at radius 2 is 2.11 bits per heavy atom. The van der Waals surface area contributed by atoms with Gasteiger partial charge in [-0.3, -0.25) is 9.59 Å². The number of rotatable bonds is 4. The number of hydrogen-bond acceptors (Lipinski definition) is 2. The van der Waals surface area contributed by atoms with Crippen LogP contribution in [0.25, 0.3) is 0 Å². The van der Waals surface area contributed by atoms with Gasteiger partial charge in [-0.05, 0) is 25.1 Å². The Morgan fingerprint density at radius 1 is 1.44 bits per heavy atom. The predicted octanol–water partition coefficient (Wildman–Crippen LogP) is 2.33. The molecule has 0 saturated heterocycles. The monoisotopic (exact) mass is 272 g/mol. The second-order valence-electron chi connectivity index (χ2n) is 3.76. The number of nitrogens with one attached hydrogen (secondary N) is 2. The molecule has 0 aliphatic heterocycles. The summed E-state index contributed by atoms with van der Waals surface area (Å²) in [5.74, 6) is -1.16. The third-order valence-corrected chi connectivity index (χ3v) is 2.57. The van der Waals surface area contributed by atoms with Crippen molar-refractivity contribution in [2.75, 3.05) is 5.32 Å². The van der Waals surface area contributed by atoms with Gasteiger partial charge >= 0.3 is 0 Å². The predicted molar refractivity (Wildman–Crippen MR) is 67.9 cm³/mol. The topological polar surface area (TPSA) is 58.2 Å². The molecule has 4 nitrogen and oxygen atoms in total. The highest BCUT2D eigenvalue weighted by Crippen LogP contribution is 2.19. The van der Waals surface area contributed by atoms with Crippen molar-refractivity contribution in [1.29, 1.82) is 0 Å². The Balaban J connectivity index is 2.63. The SMILES string of the molecule is CCC(=O)N[C@H](C)C(=O)Nc1ccc(F)c(Cl)c1. The summed E-state index contributed by atoms with van der Waals surface area (Å²) >= 11 is 5.59. The van der Waals surface area contributed by atoms with Gasteiger partial charge in [0, 0.05) is 12.1 Å². The second-order valence-corrected chi connectivity index (χ2v) is 4.17. The van der Waals surface area contributed by atoms with E-state index in [9.17, 15) is 14.0 Å². The standard InChI is InChI=1S/C12H14ClFN2O2/c1-3-11(17)15-7(2)12(18)16-8-4-5-10(14)9(13)6-8/h4-7H,3H2,1-2H3,(H,15,17)(H,16,18)/t7-/m1/s1. The quantitative estimate of drug-likeness (QED) is 0.884. The molecule has 98 valence electrons. The second kappa shape index (κ2) is 6.35. The summed E-state index contributed by atoms with van der Waals surface area (Å²) in [6.45, 7) is 3.26. The molecule has 6 heteroatoms. The first-order chi connectivity index (χ1) is 8.43. The Morgan fingerprint density at radius 3 is 2.67 bits per heavy atom. The molecule has 1 aromatic carbocycles. The molecular weight excluding hydrogens is 259 g/mol. The van der Waals surface area contributed by atoms with Crippen LogP contribution in [0.4, 0.5) is 10.1 Å². The van der Waals surface area contributed by atoms with Crippen LogP contribution in [-0.4, -0.2) is 17.9 Å². The van der Waals surface area contributed by atoms with E-state index in [1.165, 1.54) is 12.1 Å². The molecule has 0 fully saturated rings. The maximum absolute atomic E-state index is 12.9. The molecule has 0 aliphatic carbocycles. The van der Waals surface area contributed by atoms with Gasteiger partial charge in [0.25, 0.3) is 0 Å². The number of anilines is 1. The molecular formula is C12H14ClFN2O2. The lowest BCUT2D eigenvalue weighted by Gasteiger charge is -2.13. The summed E-state index contributed by atoms with van der Waals surface area (Å²) in [5.41, 5.74) is 0.379. The molecule has 0 spiro atoms. The highest BCUT2D eigenvalue weighted by Gasteiger charge is 2.15. The van der Waals surface area contributed by atoms with E-state index in [4.69, 9.17) is 11.6 Å². The van der Waals surface area contributed by atoms with Gasteiger partial charge < -0.3 is 10.6 Å². The smallest absolute Gasteiger partial charge is 0.246 e. The van der Waals surface area contributed by atoms with Crippen LogP contribution < -0.4 is 10.6 Å². The minimum atomic E-state index is -0.665. The molecule has 1 atom stereocenters. The highest BCUT2D eigenvalue weighted by molar-refractivity contribution is 6.31. The van der Waals surface area contributed by atoms with E-state index < -0.39 is 11.9 Å². The van der Waals surface area contributed by atoms with Crippen LogP contribution in [0, 0.1) is 5.82 Å². The zero-order chi connectivity index (χ0) is 13.7. The van der Waals surface area contributed by atoms with Crippen LogP contribution >= 0.6 is 11.6 Å². The van der Waals surface area contributed by atoms with E-state index in [2.05, 4.69) is 10.6 Å². The van der Waals surface area contributed by atoms with E-state index in [-0.39, 0.29) is 16.8 Å². The summed E-state index contributed by atoms with van der Waals surface area (Å²) in [7, 11) is 0. The fourth-order valence-corrected chi connectivity index (χ4v) is 1.41. The van der Waals surface area contributed by atoms with E-state index >= 15 is 0 Å². The van der Waals surface area contributed by atoms with Crippen LogP contribution in [0.5, 0.6) is 0 Å². The van der Waals surface area contributed by atoms with Crippen LogP contribution in [0.15, 0.2) is 18.2 Å². The average Bonchev–Trinajstić information content (AvgIpc) is 2.33. The van der Waals surface area contributed by atoms with Crippen molar-refractivity contribution in [2.45, 2.75) is 26.3 Å². The molecule has 0 saturated carbocycles. The van der Waals surface area contributed by atoms with Crippen LogP contribution in [-0.2, 0) is 9.59 Å². The van der Waals surface area contributed by atoms with E-state index in [1.807, 2.05) is 0 Å². The molecule has 2 N–H and O–H groups in total. The highest BCUT2D eigenvalue weighted by atomic mass is 35.5. The summed E-state index contributed by atoms with van der Waals surface area (Å²) in [4.78, 5) is 22.8. The maximum Gasteiger partial charge on any atom is 0.246 e. The zero-order valence-electron chi connectivity index (χ0n) is 10.1. The third-order valence-electron chi connectivity index (χ3n) is 2.28. The lowest BCUT2D eigenvalue weighted by atomic mass is 10.2. The summed E-state index contributed by atoms with van der Waals surface area (Å²) in [6, 6.07) is 3.20. The van der Waals surface area contributed by atoms with Crippen molar-refractivity contribution in [1.82, 2.24) is 5.32 Å². The van der Waals surface area contributed by atoms with Crippen molar-refractivity contribution in [3.8, 4) is 0 Å². The number of carbonyl (C=O) groups excluding carboxylic acids is 2. The van der Waals surface area contributed by atoms with Crippen molar-refractivity contribution in [3.05, 3.63) is 29.0 Å². The van der Waals surface area contributed by atoms with Crippen LogP contribution in [0.3, 0.4) is 0 Å². The van der Waals surface area contributed by atoms with Gasteiger partial charge in [0.1, 0.15) is 11.9 Å². The van der Waals surface area contributed by atoms with Gasteiger partial charge in [-0.15, -0.1) is 0 Å². The van der Waals surface area contributed by atoms with Crippen LogP contribution in [0.2, 0.25) is 5.02 Å². The number of amides is 2. The Bertz CT molecular complexity index is 465. The van der Waals surface area contributed by atoms with Gasteiger partial charge in [0.15, 0.2) is 0 Å². The normalized spacial score (nSPS) is 11.8. The van der Waals surface area contributed by atoms with Crippen LogP contribution in [0.1, 0.15) is 20.3 Å². The average molecular weight is 273 g/mol. The molecule has 1 aromatic rings. The lowest BCUT2D eigenvalue weighted by Crippen LogP contribution is -2.41. The van der Waals surface area contributed by atoms with Crippen molar-refractivity contribution < 1.29 is 14.0 Å². The van der Waals surface area contributed by atoms with Gasteiger partial charge in [-0.2, -0.15) is 0 Å². The molecule has 0 bridgehead atoms. The summed E-state index contributed by atoms with van der Waals surface area (Å²) in [6.07, 6.45) is 0.306.